The van der Waals surface area contributed by atoms with Gasteiger partial charge in [-0.2, -0.15) is 0 Å². The molecule has 0 radical (unpaired) electrons. The van der Waals surface area contributed by atoms with E-state index in [2.05, 4.69) is 22.2 Å². The van der Waals surface area contributed by atoms with Gasteiger partial charge in [0, 0.05) is 44.0 Å². The topological polar surface area (TPSA) is 65.5 Å². The highest BCUT2D eigenvalue weighted by atomic mass is 35.5. The van der Waals surface area contributed by atoms with Crippen LogP contribution >= 0.6 is 46.7 Å². The first-order valence-electron chi connectivity index (χ1n) is 9.49. The van der Waals surface area contributed by atoms with E-state index < -0.39 is 0 Å². The predicted molar refractivity (Wildman–Crippen MR) is 120 cm³/mol. The van der Waals surface area contributed by atoms with Crippen molar-refractivity contribution in [3.05, 3.63) is 36.9 Å². The van der Waals surface area contributed by atoms with Gasteiger partial charge in [0.2, 0.25) is 0 Å². The Hall–Kier alpha value is -1.19. The minimum Gasteiger partial charge on any atom is -0.351 e. The number of halogens is 2. The van der Waals surface area contributed by atoms with Crippen molar-refractivity contribution in [2.24, 2.45) is 5.92 Å². The van der Waals surface area contributed by atoms with Crippen molar-refractivity contribution in [3.63, 3.8) is 0 Å². The molecule has 1 N–H and O–H groups in total. The molecule has 2 aromatic rings. The molecular formula is C19H24Cl2N4O2S2. The van der Waals surface area contributed by atoms with Crippen LogP contribution in [0, 0.1) is 5.92 Å². The fourth-order valence-electron chi connectivity index (χ4n) is 3.73. The van der Waals surface area contributed by atoms with Crippen molar-refractivity contribution in [2.75, 3.05) is 33.2 Å². The standard InChI is InChI=1S/C19H23ClN4O2S2.ClH/c1-23-8-6-13-15(11-23)28-18(22-13)19(26)24-7-2-3-12(10-24)9-21-17(25)14-4-5-16(20)27-14;/h4-5,12H,2-3,6-11H2,1H3,(H,21,25);1H. The number of nitrogens with zero attached hydrogens (tertiary/aromatic N) is 3. The highest BCUT2D eigenvalue weighted by molar-refractivity contribution is 7.18. The van der Waals surface area contributed by atoms with E-state index in [1.165, 1.54) is 27.6 Å². The van der Waals surface area contributed by atoms with Crippen LogP contribution in [0.3, 0.4) is 0 Å². The van der Waals surface area contributed by atoms with Crippen molar-refractivity contribution >= 4 is 58.5 Å². The second-order valence-corrected chi connectivity index (χ2v) is 10.2. The Labute approximate surface area is 189 Å². The molecule has 0 aliphatic carbocycles. The number of thiazole rings is 1. The molecule has 0 bridgehead atoms. The molecular weight excluding hydrogens is 451 g/mol. The van der Waals surface area contributed by atoms with Gasteiger partial charge in [-0.3, -0.25) is 9.59 Å². The molecule has 1 unspecified atom stereocenters. The van der Waals surface area contributed by atoms with E-state index in [0.717, 1.165) is 44.6 Å². The van der Waals surface area contributed by atoms with Crippen molar-refractivity contribution < 1.29 is 9.59 Å². The molecule has 29 heavy (non-hydrogen) atoms. The second-order valence-electron chi connectivity index (χ2n) is 7.45. The maximum absolute atomic E-state index is 13.0. The Kier molecular flexibility index (Phi) is 7.56. The number of aromatic nitrogens is 1. The zero-order valence-corrected chi connectivity index (χ0v) is 19.4. The number of carbonyl (C=O) groups is 2. The number of fused-ring (bicyclic) bond motifs is 1. The molecule has 4 rings (SSSR count). The first-order chi connectivity index (χ1) is 13.5. The molecule has 0 saturated carbocycles. The Balaban J connectivity index is 0.00000240. The molecule has 2 aliphatic rings. The summed E-state index contributed by atoms with van der Waals surface area (Å²) in [7, 11) is 2.10. The fourth-order valence-corrected chi connectivity index (χ4v) is 5.84. The Morgan fingerprint density at radius 2 is 2.14 bits per heavy atom. The van der Waals surface area contributed by atoms with Gasteiger partial charge < -0.3 is 15.1 Å². The van der Waals surface area contributed by atoms with Gasteiger partial charge in [-0.15, -0.1) is 35.1 Å². The summed E-state index contributed by atoms with van der Waals surface area (Å²) in [6.45, 7) is 3.85. The zero-order chi connectivity index (χ0) is 19.7. The first kappa shape index (κ1) is 22.5. The van der Waals surface area contributed by atoms with Crippen LogP contribution < -0.4 is 5.32 Å². The molecule has 10 heteroatoms. The number of thiophene rings is 1. The van der Waals surface area contributed by atoms with Crippen LogP contribution in [0.25, 0.3) is 0 Å². The van der Waals surface area contributed by atoms with Crippen LogP contribution in [-0.2, 0) is 13.0 Å². The highest BCUT2D eigenvalue weighted by Gasteiger charge is 2.28. The maximum atomic E-state index is 13.0. The lowest BCUT2D eigenvalue weighted by Gasteiger charge is -2.32. The molecule has 1 fully saturated rings. The summed E-state index contributed by atoms with van der Waals surface area (Å²) in [5.41, 5.74) is 1.09. The SMILES string of the molecule is CN1CCc2nc(C(=O)N3CCCC(CNC(=O)c4ccc(Cl)s4)C3)sc2C1.Cl. The number of hydrogen-bond acceptors (Lipinski definition) is 6. The van der Waals surface area contributed by atoms with Gasteiger partial charge in [0.1, 0.15) is 0 Å². The Morgan fingerprint density at radius 3 is 2.90 bits per heavy atom. The van der Waals surface area contributed by atoms with Gasteiger partial charge in [0.15, 0.2) is 5.01 Å². The third kappa shape index (κ3) is 5.30. The van der Waals surface area contributed by atoms with E-state index in [1.807, 2.05) is 4.90 Å². The van der Waals surface area contributed by atoms with Crippen molar-refractivity contribution in [1.82, 2.24) is 20.1 Å². The summed E-state index contributed by atoms with van der Waals surface area (Å²) in [6.07, 6.45) is 2.87. The quantitative estimate of drug-likeness (QED) is 0.735. The van der Waals surface area contributed by atoms with Gasteiger partial charge in [0.25, 0.3) is 11.8 Å². The summed E-state index contributed by atoms with van der Waals surface area (Å²) in [4.78, 5) is 35.8. The summed E-state index contributed by atoms with van der Waals surface area (Å²) < 4.78 is 0.608. The van der Waals surface area contributed by atoms with Gasteiger partial charge in [-0.05, 0) is 37.9 Å². The molecule has 1 atom stereocenters. The fraction of sp³-hybridized carbons (Fsp3) is 0.526. The number of amides is 2. The van der Waals surface area contributed by atoms with E-state index in [0.29, 0.717) is 27.3 Å². The smallest absolute Gasteiger partial charge is 0.282 e. The van der Waals surface area contributed by atoms with Gasteiger partial charge in [-0.25, -0.2) is 4.98 Å². The van der Waals surface area contributed by atoms with Crippen molar-refractivity contribution in [2.45, 2.75) is 25.8 Å². The lowest BCUT2D eigenvalue weighted by atomic mass is 9.98. The van der Waals surface area contributed by atoms with Crippen LogP contribution in [0.4, 0.5) is 0 Å². The monoisotopic (exact) mass is 474 g/mol. The number of nitrogens with one attached hydrogen (secondary N) is 1. The lowest BCUT2D eigenvalue weighted by Crippen LogP contribution is -2.43. The highest BCUT2D eigenvalue weighted by Crippen LogP contribution is 2.27. The average Bonchev–Trinajstić information content (AvgIpc) is 3.31. The average molecular weight is 475 g/mol. The molecule has 2 amide bonds. The van der Waals surface area contributed by atoms with E-state index in [9.17, 15) is 9.59 Å². The van der Waals surface area contributed by atoms with Gasteiger partial charge in [-0.1, -0.05) is 11.6 Å². The summed E-state index contributed by atoms with van der Waals surface area (Å²) in [6, 6.07) is 3.47. The number of hydrogen-bond donors (Lipinski definition) is 1. The zero-order valence-electron chi connectivity index (χ0n) is 16.1. The maximum Gasteiger partial charge on any atom is 0.282 e. The molecule has 0 aromatic carbocycles. The number of rotatable bonds is 4. The summed E-state index contributed by atoms with van der Waals surface area (Å²) >= 11 is 8.71. The largest absolute Gasteiger partial charge is 0.351 e. The van der Waals surface area contributed by atoms with Crippen LogP contribution in [0.2, 0.25) is 4.34 Å². The lowest BCUT2D eigenvalue weighted by molar-refractivity contribution is 0.0670. The number of likely N-dealkylation sites (tertiary alicyclic amines) is 1. The molecule has 2 aromatic heterocycles. The van der Waals surface area contributed by atoms with Crippen molar-refractivity contribution in [3.8, 4) is 0 Å². The Bertz CT molecular complexity index is 885. The normalized spacial score (nSPS) is 19.4. The number of piperidine rings is 1. The van der Waals surface area contributed by atoms with E-state index in [-0.39, 0.29) is 30.1 Å². The predicted octanol–water partition coefficient (Wildman–Crippen LogP) is 3.55. The molecule has 1 saturated heterocycles. The van der Waals surface area contributed by atoms with Gasteiger partial charge >= 0.3 is 0 Å². The van der Waals surface area contributed by atoms with Crippen LogP contribution in [0.5, 0.6) is 0 Å². The van der Waals surface area contributed by atoms with E-state index >= 15 is 0 Å². The van der Waals surface area contributed by atoms with Gasteiger partial charge in [0.05, 0.1) is 14.9 Å². The van der Waals surface area contributed by atoms with Crippen LogP contribution in [0.15, 0.2) is 12.1 Å². The third-order valence-electron chi connectivity index (χ3n) is 5.26. The molecule has 158 valence electrons. The van der Waals surface area contributed by atoms with E-state index in [4.69, 9.17) is 11.6 Å². The molecule has 0 spiro atoms. The molecule has 2 aliphatic heterocycles. The minimum atomic E-state index is -0.0999. The minimum absolute atomic E-state index is 0. The second kappa shape index (κ2) is 9.75. The molecule has 6 nitrogen and oxygen atoms in total. The summed E-state index contributed by atoms with van der Waals surface area (Å²) in [5.74, 6) is 0.193. The van der Waals surface area contributed by atoms with E-state index in [1.54, 1.807) is 12.1 Å². The Morgan fingerprint density at radius 1 is 1.31 bits per heavy atom. The van der Waals surface area contributed by atoms with Crippen molar-refractivity contribution in [1.29, 1.82) is 0 Å². The number of carbonyl (C=O) groups excluding carboxylic acids is 2. The van der Waals surface area contributed by atoms with Crippen LogP contribution in [-0.4, -0.2) is 59.8 Å². The third-order valence-corrected chi connectivity index (χ3v) is 7.56. The first-order valence-corrected chi connectivity index (χ1v) is 11.5. The summed E-state index contributed by atoms with van der Waals surface area (Å²) in [5, 5.41) is 3.59. The molecule has 4 heterocycles. The van der Waals surface area contributed by atoms with Crippen LogP contribution in [0.1, 0.15) is 42.9 Å². The number of likely N-dealkylation sites (N-methyl/N-ethyl adjacent to an activating group) is 1.